The van der Waals surface area contributed by atoms with E-state index in [0.29, 0.717) is 16.4 Å². The predicted molar refractivity (Wildman–Crippen MR) is 52.1 cm³/mol. The number of allylic oxidation sites excluding steroid dienone is 1. The molecule has 2 aliphatic rings. The van der Waals surface area contributed by atoms with Gasteiger partial charge in [-0.15, -0.1) is 0 Å². The minimum atomic E-state index is 0.317. The van der Waals surface area contributed by atoms with Gasteiger partial charge in [0.2, 0.25) is 5.12 Å². The fourth-order valence-electron chi connectivity index (χ4n) is 1.64. The summed E-state index contributed by atoms with van der Waals surface area (Å²) in [5.41, 5.74) is 1.55. The Hall–Kier alpha value is -0.240. The van der Waals surface area contributed by atoms with Crippen LogP contribution >= 0.6 is 11.8 Å². The first-order valence-electron chi connectivity index (χ1n) is 4.47. The molecule has 2 heteroatoms. The van der Waals surface area contributed by atoms with Crippen molar-refractivity contribution in [3.63, 3.8) is 0 Å². The Bertz CT molecular complexity index is 253. The van der Waals surface area contributed by atoms with Crippen LogP contribution in [0.5, 0.6) is 0 Å². The average molecular weight is 182 g/mol. The zero-order chi connectivity index (χ0) is 8.77. The third-order valence-corrected chi connectivity index (χ3v) is 3.79. The lowest BCUT2D eigenvalue weighted by atomic mass is 10.1. The highest BCUT2D eigenvalue weighted by Gasteiger charge is 2.44. The summed E-state index contributed by atoms with van der Waals surface area (Å²) in [6.07, 6.45) is 4.47. The topological polar surface area (TPSA) is 17.1 Å². The van der Waals surface area contributed by atoms with Crippen molar-refractivity contribution in [2.24, 2.45) is 11.3 Å². The average Bonchev–Trinajstić information content (AvgIpc) is 2.39. The van der Waals surface area contributed by atoms with E-state index in [-0.39, 0.29) is 0 Å². The van der Waals surface area contributed by atoms with Crippen LogP contribution in [0.25, 0.3) is 0 Å². The molecular weight excluding hydrogens is 168 g/mol. The molecule has 0 aromatic heterocycles. The predicted octanol–water partition coefficient (Wildman–Crippen LogP) is 2.62. The van der Waals surface area contributed by atoms with Crippen LogP contribution in [-0.2, 0) is 4.79 Å². The maximum Gasteiger partial charge on any atom is 0.215 e. The summed E-state index contributed by atoms with van der Waals surface area (Å²) in [4.78, 5) is 11.2. The molecule has 0 spiro atoms. The molecular formula is C10H14OS. The van der Waals surface area contributed by atoms with Gasteiger partial charge in [0, 0.05) is 11.3 Å². The molecule has 0 radical (unpaired) electrons. The van der Waals surface area contributed by atoms with Gasteiger partial charge in [0.05, 0.1) is 0 Å². The SMILES string of the molecule is CC1(C)CC1/C=C1/CCSC1=O. The Morgan fingerprint density at radius 2 is 2.25 bits per heavy atom. The molecule has 0 aromatic rings. The van der Waals surface area contributed by atoms with Gasteiger partial charge in [0.25, 0.3) is 0 Å². The van der Waals surface area contributed by atoms with Crippen LogP contribution in [0.1, 0.15) is 26.7 Å². The molecule has 1 saturated carbocycles. The second-order valence-corrected chi connectivity index (χ2v) is 5.44. The zero-order valence-electron chi connectivity index (χ0n) is 7.59. The first-order chi connectivity index (χ1) is 5.59. The molecule has 1 aliphatic heterocycles. The maximum absolute atomic E-state index is 11.2. The van der Waals surface area contributed by atoms with Gasteiger partial charge in [-0.25, -0.2) is 0 Å². The third kappa shape index (κ3) is 1.45. The van der Waals surface area contributed by atoms with E-state index in [1.165, 1.54) is 18.2 Å². The van der Waals surface area contributed by atoms with Crippen LogP contribution in [0.2, 0.25) is 0 Å². The number of carbonyl (C=O) groups excluding carboxylic acids is 1. The van der Waals surface area contributed by atoms with Crippen molar-refractivity contribution in [1.82, 2.24) is 0 Å². The van der Waals surface area contributed by atoms with Gasteiger partial charge in [-0.1, -0.05) is 31.7 Å². The number of hydrogen-bond donors (Lipinski definition) is 0. The van der Waals surface area contributed by atoms with Crippen LogP contribution in [0.3, 0.4) is 0 Å². The first kappa shape index (κ1) is 8.36. The molecule has 0 N–H and O–H groups in total. The smallest absolute Gasteiger partial charge is 0.215 e. The van der Waals surface area contributed by atoms with Gasteiger partial charge in [0.15, 0.2) is 0 Å². The van der Waals surface area contributed by atoms with Crippen molar-refractivity contribution >= 4 is 16.9 Å². The second kappa shape index (κ2) is 2.63. The molecule has 0 amide bonds. The largest absolute Gasteiger partial charge is 0.282 e. The lowest BCUT2D eigenvalue weighted by Gasteiger charge is -1.97. The summed E-state index contributed by atoms with van der Waals surface area (Å²) < 4.78 is 0. The molecule has 1 aliphatic carbocycles. The molecule has 0 aromatic carbocycles. The molecule has 0 bridgehead atoms. The summed E-state index contributed by atoms with van der Waals surface area (Å²) in [5, 5.41) is 0.317. The molecule has 1 atom stereocenters. The van der Waals surface area contributed by atoms with Gasteiger partial charge >= 0.3 is 0 Å². The van der Waals surface area contributed by atoms with Crippen LogP contribution in [-0.4, -0.2) is 10.9 Å². The Balaban J connectivity index is 2.05. The van der Waals surface area contributed by atoms with Crippen LogP contribution in [0, 0.1) is 11.3 Å². The van der Waals surface area contributed by atoms with Gasteiger partial charge in [0.1, 0.15) is 0 Å². The molecule has 12 heavy (non-hydrogen) atoms. The van der Waals surface area contributed by atoms with Crippen LogP contribution in [0.4, 0.5) is 0 Å². The maximum atomic E-state index is 11.2. The quantitative estimate of drug-likeness (QED) is 0.580. The fourth-order valence-corrected chi connectivity index (χ4v) is 2.50. The standard InChI is InChI=1S/C10H14OS/c1-10(2)6-8(10)5-7-3-4-12-9(7)11/h5,8H,3-4,6H2,1-2H3/b7-5-. The van der Waals surface area contributed by atoms with E-state index in [2.05, 4.69) is 19.9 Å². The van der Waals surface area contributed by atoms with Gasteiger partial charge in [-0.05, 0) is 24.2 Å². The van der Waals surface area contributed by atoms with Crippen molar-refractivity contribution in [3.05, 3.63) is 11.6 Å². The highest BCUT2D eigenvalue weighted by Crippen LogP contribution is 2.53. The van der Waals surface area contributed by atoms with Crippen molar-refractivity contribution in [2.75, 3.05) is 5.75 Å². The van der Waals surface area contributed by atoms with E-state index in [9.17, 15) is 4.79 Å². The Morgan fingerprint density at radius 1 is 1.58 bits per heavy atom. The molecule has 1 unspecified atom stereocenters. The van der Waals surface area contributed by atoms with Crippen molar-refractivity contribution < 1.29 is 4.79 Å². The van der Waals surface area contributed by atoms with E-state index in [4.69, 9.17) is 0 Å². The summed E-state index contributed by atoms with van der Waals surface area (Å²) >= 11 is 1.47. The van der Waals surface area contributed by atoms with E-state index < -0.39 is 0 Å². The molecule has 1 heterocycles. The van der Waals surface area contributed by atoms with E-state index >= 15 is 0 Å². The number of carbonyl (C=O) groups is 1. The van der Waals surface area contributed by atoms with Crippen molar-refractivity contribution in [3.8, 4) is 0 Å². The zero-order valence-corrected chi connectivity index (χ0v) is 8.41. The highest BCUT2D eigenvalue weighted by molar-refractivity contribution is 8.14. The minimum absolute atomic E-state index is 0.317. The van der Waals surface area contributed by atoms with Gasteiger partial charge < -0.3 is 0 Å². The summed E-state index contributed by atoms with van der Waals surface area (Å²) in [7, 11) is 0. The molecule has 2 rings (SSSR count). The molecule has 1 nitrogen and oxygen atoms in total. The Morgan fingerprint density at radius 3 is 2.67 bits per heavy atom. The minimum Gasteiger partial charge on any atom is -0.282 e. The molecule has 2 fully saturated rings. The molecule has 1 saturated heterocycles. The number of thioether (sulfide) groups is 1. The lowest BCUT2D eigenvalue weighted by molar-refractivity contribution is -0.107. The summed E-state index contributed by atoms with van der Waals surface area (Å²) in [5.74, 6) is 1.67. The number of rotatable bonds is 1. The normalized spacial score (nSPS) is 36.0. The monoisotopic (exact) mass is 182 g/mol. The second-order valence-electron chi connectivity index (χ2n) is 4.38. The lowest BCUT2D eigenvalue weighted by Crippen LogP contribution is -1.92. The van der Waals surface area contributed by atoms with Crippen molar-refractivity contribution in [1.29, 1.82) is 0 Å². The highest BCUT2D eigenvalue weighted by atomic mass is 32.2. The Kier molecular flexibility index (Phi) is 1.83. The Labute approximate surface area is 77.6 Å². The summed E-state index contributed by atoms with van der Waals surface area (Å²) in [6.45, 7) is 4.53. The summed E-state index contributed by atoms with van der Waals surface area (Å²) in [6, 6.07) is 0. The fraction of sp³-hybridized carbons (Fsp3) is 0.700. The van der Waals surface area contributed by atoms with Crippen LogP contribution in [0.15, 0.2) is 11.6 Å². The van der Waals surface area contributed by atoms with E-state index in [0.717, 1.165) is 17.7 Å². The number of hydrogen-bond acceptors (Lipinski definition) is 2. The van der Waals surface area contributed by atoms with E-state index in [1.807, 2.05) is 0 Å². The van der Waals surface area contributed by atoms with Gasteiger partial charge in [-0.3, -0.25) is 4.79 Å². The third-order valence-electron chi connectivity index (χ3n) is 2.86. The first-order valence-corrected chi connectivity index (χ1v) is 5.46. The van der Waals surface area contributed by atoms with Crippen molar-refractivity contribution in [2.45, 2.75) is 26.7 Å². The van der Waals surface area contributed by atoms with Gasteiger partial charge in [-0.2, -0.15) is 0 Å². The van der Waals surface area contributed by atoms with E-state index in [1.54, 1.807) is 0 Å². The molecule has 66 valence electrons. The van der Waals surface area contributed by atoms with Crippen LogP contribution < -0.4 is 0 Å².